The zero-order valence-corrected chi connectivity index (χ0v) is 9.32. The molecule has 1 rings (SSSR count). The monoisotopic (exact) mass is 204 g/mol. The van der Waals surface area contributed by atoms with E-state index in [0.717, 1.165) is 5.56 Å². The highest BCUT2D eigenvalue weighted by atomic mass is 16.5. The van der Waals surface area contributed by atoms with Crippen molar-refractivity contribution in [1.29, 1.82) is 5.26 Å². The van der Waals surface area contributed by atoms with Crippen LogP contribution in [0.5, 0.6) is 0 Å². The number of hydrogen-bond acceptors (Lipinski definition) is 2. The molecule has 2 unspecified atom stereocenters. The van der Waals surface area contributed by atoms with E-state index in [0.29, 0.717) is 0 Å². The maximum atomic E-state index is 12.0. The number of rotatable bonds is 2. The second kappa shape index (κ2) is 4.43. The van der Waals surface area contributed by atoms with Crippen LogP contribution < -0.4 is 5.06 Å². The van der Waals surface area contributed by atoms with Crippen LogP contribution in [0.3, 0.4) is 0 Å². The lowest BCUT2D eigenvalue weighted by molar-refractivity contribution is -0.921. The Morgan fingerprint density at radius 1 is 1.27 bits per heavy atom. The van der Waals surface area contributed by atoms with Gasteiger partial charge in [-0.05, 0) is 20.8 Å². The molecular weight excluding hydrogens is 188 g/mol. The van der Waals surface area contributed by atoms with Gasteiger partial charge in [-0.1, -0.05) is 30.3 Å². The van der Waals surface area contributed by atoms with Crippen LogP contribution in [0, 0.1) is 16.5 Å². The number of nitriles is 1. The van der Waals surface area contributed by atoms with Crippen molar-refractivity contribution in [1.82, 2.24) is 0 Å². The third-order valence-electron chi connectivity index (χ3n) is 2.26. The highest BCUT2D eigenvalue weighted by molar-refractivity contribution is 5.21. The van der Waals surface area contributed by atoms with Crippen LogP contribution >= 0.6 is 0 Å². The summed E-state index contributed by atoms with van der Waals surface area (Å²) in [6.45, 7) is 5.51. The van der Waals surface area contributed by atoms with Gasteiger partial charge in [0.05, 0.1) is 5.54 Å². The van der Waals surface area contributed by atoms with Gasteiger partial charge in [-0.3, -0.25) is 0 Å². The van der Waals surface area contributed by atoms with Gasteiger partial charge in [0, 0.05) is 5.56 Å². The van der Waals surface area contributed by atoms with Gasteiger partial charge in [0.25, 0.3) is 0 Å². The third kappa shape index (κ3) is 2.79. The Kier molecular flexibility index (Phi) is 3.46. The summed E-state index contributed by atoms with van der Waals surface area (Å²) in [6, 6.07) is 10.6. The van der Waals surface area contributed by atoms with E-state index in [4.69, 9.17) is 5.26 Å². The van der Waals surface area contributed by atoms with Crippen molar-refractivity contribution < 1.29 is 5.06 Å². The van der Waals surface area contributed by atoms with Crippen LogP contribution in [0.25, 0.3) is 0 Å². The van der Waals surface area contributed by atoms with Crippen molar-refractivity contribution in [2.24, 2.45) is 0 Å². The second-order valence-corrected chi connectivity index (χ2v) is 4.59. The molecule has 2 atom stereocenters. The molecule has 3 nitrogen and oxygen atoms in total. The molecule has 1 aromatic carbocycles. The molecule has 0 aliphatic carbocycles. The molecule has 0 radical (unpaired) electrons. The van der Waals surface area contributed by atoms with Crippen LogP contribution in [-0.2, 0) is 0 Å². The minimum absolute atomic E-state index is 0.0313. The lowest BCUT2D eigenvalue weighted by Gasteiger charge is -2.38. The van der Waals surface area contributed by atoms with Crippen LogP contribution in [0.1, 0.15) is 32.4 Å². The van der Waals surface area contributed by atoms with Gasteiger partial charge in [0.1, 0.15) is 6.07 Å². The van der Waals surface area contributed by atoms with Crippen molar-refractivity contribution in [2.75, 3.05) is 0 Å². The summed E-state index contributed by atoms with van der Waals surface area (Å²) >= 11 is 0. The quantitative estimate of drug-likeness (QED) is 0.741. The standard InChI is InChI=1S/C12H16N2O/c1-12(2,3)14(15)11(9-13)10-7-5-4-6-8-10/h4-8,11,14H,1-3H3. The van der Waals surface area contributed by atoms with Gasteiger partial charge in [0.15, 0.2) is 0 Å². The zero-order valence-electron chi connectivity index (χ0n) is 9.32. The SMILES string of the molecule is CC(C)(C)[NH+]([O-])C(C#N)c1ccccc1. The predicted molar refractivity (Wildman–Crippen MR) is 58.9 cm³/mol. The maximum absolute atomic E-state index is 12.0. The van der Waals surface area contributed by atoms with Crippen LogP contribution in [0.15, 0.2) is 30.3 Å². The molecule has 0 heterocycles. The molecule has 0 saturated heterocycles. The molecule has 0 amide bonds. The fourth-order valence-corrected chi connectivity index (χ4v) is 1.36. The molecule has 1 aromatic rings. The molecule has 0 aromatic heterocycles. The average molecular weight is 204 g/mol. The van der Waals surface area contributed by atoms with Gasteiger partial charge < -0.3 is 10.3 Å². The number of nitrogens with zero attached hydrogens (tertiary/aromatic N) is 1. The summed E-state index contributed by atoms with van der Waals surface area (Å²) in [5.41, 5.74) is 0.302. The maximum Gasteiger partial charge on any atom is 0.200 e. The Labute approximate surface area is 90.5 Å². The first-order valence-electron chi connectivity index (χ1n) is 4.95. The molecular formula is C12H16N2O. The van der Waals surface area contributed by atoms with E-state index in [1.807, 2.05) is 51.1 Å². The molecule has 1 N–H and O–H groups in total. The first kappa shape index (κ1) is 11.7. The average Bonchev–Trinajstić information content (AvgIpc) is 2.19. The van der Waals surface area contributed by atoms with Gasteiger partial charge in [0.2, 0.25) is 6.04 Å². The topological polar surface area (TPSA) is 51.3 Å². The zero-order chi connectivity index (χ0) is 11.5. The Morgan fingerprint density at radius 3 is 2.20 bits per heavy atom. The number of hydrogen-bond donors (Lipinski definition) is 1. The fourth-order valence-electron chi connectivity index (χ4n) is 1.36. The van der Waals surface area contributed by atoms with Crippen LogP contribution in [0.2, 0.25) is 0 Å². The molecule has 80 valence electrons. The lowest BCUT2D eigenvalue weighted by Crippen LogP contribution is -3.14. The van der Waals surface area contributed by atoms with E-state index in [1.54, 1.807) is 0 Å². The summed E-state index contributed by atoms with van der Waals surface area (Å²) in [5, 5.41) is 21.0. The third-order valence-corrected chi connectivity index (χ3v) is 2.26. The molecule has 3 heteroatoms. The van der Waals surface area contributed by atoms with E-state index in [9.17, 15) is 5.21 Å². The van der Waals surface area contributed by atoms with E-state index < -0.39 is 11.6 Å². The Hall–Kier alpha value is -1.37. The normalized spacial score (nSPS) is 15.4. The smallest absolute Gasteiger partial charge is 0.200 e. The molecule has 0 fully saturated rings. The molecule has 15 heavy (non-hydrogen) atoms. The minimum Gasteiger partial charge on any atom is -0.633 e. The van der Waals surface area contributed by atoms with Crippen molar-refractivity contribution in [2.45, 2.75) is 32.4 Å². The number of quaternary nitrogens is 1. The van der Waals surface area contributed by atoms with Crippen molar-refractivity contribution in [3.63, 3.8) is 0 Å². The van der Waals surface area contributed by atoms with Crippen molar-refractivity contribution >= 4 is 0 Å². The molecule has 0 aliphatic heterocycles. The number of nitrogens with one attached hydrogen (secondary N) is 1. The van der Waals surface area contributed by atoms with E-state index in [1.165, 1.54) is 0 Å². The molecule has 0 spiro atoms. The van der Waals surface area contributed by atoms with E-state index >= 15 is 0 Å². The number of hydroxylamine groups is 2. The van der Waals surface area contributed by atoms with E-state index in [2.05, 4.69) is 6.07 Å². The van der Waals surface area contributed by atoms with Gasteiger partial charge in [-0.25, -0.2) is 0 Å². The summed E-state index contributed by atoms with van der Waals surface area (Å²) < 4.78 is 0. The van der Waals surface area contributed by atoms with Crippen LogP contribution in [0.4, 0.5) is 0 Å². The minimum atomic E-state index is -0.647. The summed E-state index contributed by atoms with van der Waals surface area (Å²) in [7, 11) is 0. The highest BCUT2D eigenvalue weighted by Gasteiger charge is 2.27. The van der Waals surface area contributed by atoms with Crippen molar-refractivity contribution in [3.05, 3.63) is 41.1 Å². The Bertz CT molecular complexity index is 348. The summed E-state index contributed by atoms with van der Waals surface area (Å²) in [6.07, 6.45) is 0. The van der Waals surface area contributed by atoms with Crippen LogP contribution in [-0.4, -0.2) is 5.54 Å². The van der Waals surface area contributed by atoms with Gasteiger partial charge >= 0.3 is 0 Å². The Morgan fingerprint density at radius 2 is 1.80 bits per heavy atom. The highest BCUT2D eigenvalue weighted by Crippen LogP contribution is 2.10. The first-order valence-corrected chi connectivity index (χ1v) is 4.95. The van der Waals surface area contributed by atoms with E-state index in [-0.39, 0.29) is 5.06 Å². The molecule has 0 bridgehead atoms. The summed E-state index contributed by atoms with van der Waals surface area (Å²) in [4.78, 5) is 0. The second-order valence-electron chi connectivity index (χ2n) is 4.59. The van der Waals surface area contributed by atoms with Crippen molar-refractivity contribution in [3.8, 4) is 6.07 Å². The van der Waals surface area contributed by atoms with Gasteiger partial charge in [-0.2, -0.15) is 5.26 Å². The fraction of sp³-hybridized carbons (Fsp3) is 0.417. The molecule has 0 saturated carbocycles. The lowest BCUT2D eigenvalue weighted by atomic mass is 10.0. The summed E-state index contributed by atoms with van der Waals surface area (Å²) in [5.74, 6) is 0. The molecule has 0 aliphatic rings. The predicted octanol–water partition coefficient (Wildman–Crippen LogP) is 1.43. The van der Waals surface area contributed by atoms with Gasteiger partial charge in [-0.15, -0.1) is 0 Å². The Balaban J connectivity index is 2.97. The number of benzene rings is 1. The largest absolute Gasteiger partial charge is 0.633 e. The first-order chi connectivity index (χ1) is 6.96.